The lowest BCUT2D eigenvalue weighted by molar-refractivity contribution is 0.0135. The van der Waals surface area contributed by atoms with Gasteiger partial charge in [0.05, 0.1) is 6.10 Å². The van der Waals surface area contributed by atoms with Crippen LogP contribution in [0.4, 0.5) is 0 Å². The first kappa shape index (κ1) is 13.4. The van der Waals surface area contributed by atoms with Gasteiger partial charge in [0.15, 0.2) is 0 Å². The van der Waals surface area contributed by atoms with Crippen LogP contribution in [0.25, 0.3) is 0 Å². The molecule has 1 heterocycles. The number of pyridine rings is 1. The summed E-state index contributed by atoms with van der Waals surface area (Å²) in [6.07, 6.45) is 0.207. The summed E-state index contributed by atoms with van der Waals surface area (Å²) in [6.45, 7) is 2.46. The molecule has 2 unspecified atom stereocenters. The van der Waals surface area contributed by atoms with E-state index in [1.54, 1.807) is 19.3 Å². The van der Waals surface area contributed by atoms with Gasteiger partial charge < -0.3 is 15.5 Å². The number of nitrogens with one attached hydrogen (secondary N) is 1. The number of hydrogen-bond donors (Lipinski definition) is 3. The van der Waals surface area contributed by atoms with Crippen LogP contribution in [0.1, 0.15) is 23.7 Å². The second-order valence-corrected chi connectivity index (χ2v) is 4.09. The van der Waals surface area contributed by atoms with Crippen LogP contribution in [0, 0.1) is 6.92 Å². The van der Waals surface area contributed by atoms with Crippen LogP contribution in [0.15, 0.2) is 12.3 Å². The van der Waals surface area contributed by atoms with Gasteiger partial charge in [-0.1, -0.05) is 11.6 Å². The van der Waals surface area contributed by atoms with Crippen LogP contribution < -0.4 is 5.32 Å². The van der Waals surface area contributed by atoms with E-state index in [0.29, 0.717) is 18.5 Å². The van der Waals surface area contributed by atoms with Gasteiger partial charge in [-0.3, -0.25) is 0 Å². The number of rotatable bonds is 5. The van der Waals surface area contributed by atoms with Crippen molar-refractivity contribution in [2.45, 2.75) is 25.6 Å². The summed E-state index contributed by atoms with van der Waals surface area (Å²) in [5.41, 5.74) is 1.34. The Bertz CT molecular complexity index is 327. The van der Waals surface area contributed by atoms with Crippen LogP contribution in [-0.2, 0) is 0 Å². The number of aromatic nitrogens is 1. The van der Waals surface area contributed by atoms with Crippen LogP contribution >= 0.6 is 11.6 Å². The quantitative estimate of drug-likeness (QED) is 0.678. The zero-order valence-corrected chi connectivity index (χ0v) is 10.2. The van der Waals surface area contributed by atoms with Crippen molar-refractivity contribution in [2.75, 3.05) is 13.6 Å². The molecular formula is C11H17ClN2O2. The molecule has 0 aromatic carbocycles. The fourth-order valence-electron chi connectivity index (χ4n) is 1.53. The normalized spacial score (nSPS) is 14.8. The molecule has 16 heavy (non-hydrogen) atoms. The van der Waals surface area contributed by atoms with Gasteiger partial charge in [0.1, 0.15) is 11.3 Å². The number of aliphatic hydroxyl groups excluding tert-OH is 2. The van der Waals surface area contributed by atoms with E-state index >= 15 is 0 Å². The number of halogens is 1. The zero-order valence-electron chi connectivity index (χ0n) is 9.44. The molecule has 0 saturated heterocycles. The number of hydrogen-bond acceptors (Lipinski definition) is 4. The van der Waals surface area contributed by atoms with E-state index in [0.717, 1.165) is 5.56 Å². The third-order valence-electron chi connectivity index (χ3n) is 2.51. The van der Waals surface area contributed by atoms with Crippen molar-refractivity contribution in [3.05, 3.63) is 28.5 Å². The molecule has 0 fully saturated rings. The Morgan fingerprint density at radius 1 is 1.50 bits per heavy atom. The molecule has 1 aromatic rings. The summed E-state index contributed by atoms with van der Waals surface area (Å²) in [7, 11) is 1.79. The Balaban J connectivity index is 2.82. The van der Waals surface area contributed by atoms with Gasteiger partial charge >= 0.3 is 0 Å². The first-order valence-corrected chi connectivity index (χ1v) is 5.57. The average Bonchev–Trinajstić information content (AvgIpc) is 2.25. The topological polar surface area (TPSA) is 65.4 Å². The second-order valence-electron chi connectivity index (χ2n) is 3.74. The van der Waals surface area contributed by atoms with Crippen molar-refractivity contribution < 1.29 is 10.2 Å². The number of nitrogens with zero attached hydrogens (tertiary/aromatic N) is 1. The Morgan fingerprint density at radius 2 is 2.19 bits per heavy atom. The fourth-order valence-corrected chi connectivity index (χ4v) is 1.85. The van der Waals surface area contributed by atoms with Gasteiger partial charge in [-0.2, -0.15) is 0 Å². The highest BCUT2D eigenvalue weighted by molar-refractivity contribution is 6.30. The lowest BCUT2D eigenvalue weighted by Crippen LogP contribution is -2.24. The van der Waals surface area contributed by atoms with E-state index in [9.17, 15) is 10.2 Å². The van der Waals surface area contributed by atoms with Crippen molar-refractivity contribution in [1.29, 1.82) is 0 Å². The average molecular weight is 245 g/mol. The molecular weight excluding hydrogens is 228 g/mol. The van der Waals surface area contributed by atoms with Crippen molar-refractivity contribution in [2.24, 2.45) is 0 Å². The minimum absolute atomic E-state index is 0.246. The third kappa shape index (κ3) is 3.15. The van der Waals surface area contributed by atoms with E-state index in [1.165, 1.54) is 0 Å². The number of aliphatic hydroxyl groups is 2. The Kier molecular flexibility index (Phi) is 5.15. The highest BCUT2D eigenvalue weighted by Crippen LogP contribution is 2.27. The van der Waals surface area contributed by atoms with Crippen LogP contribution in [0.5, 0.6) is 0 Å². The lowest BCUT2D eigenvalue weighted by atomic mass is 10.00. The van der Waals surface area contributed by atoms with Gasteiger partial charge in [0, 0.05) is 11.8 Å². The zero-order chi connectivity index (χ0) is 12.1. The van der Waals surface area contributed by atoms with Crippen molar-refractivity contribution in [1.82, 2.24) is 10.3 Å². The molecule has 2 atom stereocenters. The fraction of sp³-hybridized carbons (Fsp3) is 0.545. The molecule has 0 radical (unpaired) electrons. The van der Waals surface area contributed by atoms with Crippen molar-refractivity contribution >= 4 is 11.6 Å². The molecule has 1 rings (SSSR count). The van der Waals surface area contributed by atoms with E-state index in [2.05, 4.69) is 10.3 Å². The molecule has 0 amide bonds. The molecule has 90 valence electrons. The SMILES string of the molecule is CNCCC(O)C(O)c1c(C)ccnc1Cl. The predicted molar refractivity (Wildman–Crippen MR) is 63.5 cm³/mol. The molecule has 0 aliphatic carbocycles. The standard InChI is InChI=1S/C11H17ClN2O2/c1-7-3-6-14-11(12)9(7)10(16)8(15)4-5-13-2/h3,6,8,10,13,15-16H,4-5H2,1-2H3. The van der Waals surface area contributed by atoms with E-state index in [4.69, 9.17) is 11.6 Å². The first-order valence-electron chi connectivity index (χ1n) is 5.19. The van der Waals surface area contributed by atoms with Gasteiger partial charge in [-0.25, -0.2) is 4.98 Å². The first-order chi connectivity index (χ1) is 7.57. The summed E-state index contributed by atoms with van der Waals surface area (Å²) >= 11 is 5.90. The Hall–Kier alpha value is -0.680. The van der Waals surface area contributed by atoms with Crippen molar-refractivity contribution in [3.8, 4) is 0 Å². The van der Waals surface area contributed by atoms with Gasteiger partial charge in [0.25, 0.3) is 0 Å². The van der Waals surface area contributed by atoms with Gasteiger partial charge in [-0.05, 0) is 38.6 Å². The monoisotopic (exact) mass is 244 g/mol. The van der Waals surface area contributed by atoms with Crippen LogP contribution in [-0.4, -0.2) is 34.9 Å². The summed E-state index contributed by atoms with van der Waals surface area (Å²) in [6, 6.07) is 1.76. The Morgan fingerprint density at radius 3 is 2.75 bits per heavy atom. The molecule has 0 spiro atoms. The molecule has 0 aliphatic rings. The maximum absolute atomic E-state index is 9.98. The predicted octanol–water partition coefficient (Wildman–Crippen LogP) is 1.05. The third-order valence-corrected chi connectivity index (χ3v) is 2.81. The van der Waals surface area contributed by atoms with Gasteiger partial charge in [-0.15, -0.1) is 0 Å². The van der Waals surface area contributed by atoms with E-state index < -0.39 is 12.2 Å². The summed E-state index contributed by atoms with van der Waals surface area (Å²) < 4.78 is 0. The maximum atomic E-state index is 9.98. The smallest absolute Gasteiger partial charge is 0.135 e. The molecule has 0 bridgehead atoms. The molecule has 5 heteroatoms. The summed E-state index contributed by atoms with van der Waals surface area (Å²) in [5.74, 6) is 0. The minimum Gasteiger partial charge on any atom is -0.390 e. The largest absolute Gasteiger partial charge is 0.390 e. The summed E-state index contributed by atoms with van der Waals surface area (Å²) in [4.78, 5) is 3.90. The molecule has 4 nitrogen and oxygen atoms in total. The van der Waals surface area contributed by atoms with Crippen LogP contribution in [0.2, 0.25) is 5.15 Å². The summed E-state index contributed by atoms with van der Waals surface area (Å²) in [5, 5.41) is 22.9. The highest BCUT2D eigenvalue weighted by Gasteiger charge is 2.22. The van der Waals surface area contributed by atoms with Crippen LogP contribution in [0.3, 0.4) is 0 Å². The molecule has 0 aliphatic heterocycles. The van der Waals surface area contributed by atoms with Gasteiger partial charge in [0.2, 0.25) is 0 Å². The number of aryl methyl sites for hydroxylation is 1. The maximum Gasteiger partial charge on any atom is 0.135 e. The molecule has 0 saturated carbocycles. The minimum atomic E-state index is -0.991. The second kappa shape index (κ2) is 6.15. The van der Waals surface area contributed by atoms with E-state index in [-0.39, 0.29) is 5.15 Å². The lowest BCUT2D eigenvalue weighted by Gasteiger charge is -2.20. The highest BCUT2D eigenvalue weighted by atomic mass is 35.5. The molecule has 1 aromatic heterocycles. The molecule has 3 N–H and O–H groups in total. The van der Waals surface area contributed by atoms with E-state index in [1.807, 2.05) is 6.92 Å². The Labute approximate surface area is 100 Å². The van der Waals surface area contributed by atoms with Crippen molar-refractivity contribution in [3.63, 3.8) is 0 Å².